The van der Waals surface area contributed by atoms with Gasteiger partial charge in [0.25, 0.3) is 5.91 Å². The number of nitrogens with one attached hydrogen (secondary N) is 1. The molecule has 0 aliphatic heterocycles. The summed E-state index contributed by atoms with van der Waals surface area (Å²) in [7, 11) is 0. The van der Waals surface area contributed by atoms with Gasteiger partial charge >= 0.3 is 5.97 Å². The van der Waals surface area contributed by atoms with Crippen LogP contribution in [0.5, 0.6) is 0 Å². The smallest absolute Gasteiger partial charge is 0.329 e. The highest BCUT2D eigenvalue weighted by Crippen LogP contribution is 2.30. The van der Waals surface area contributed by atoms with Crippen LogP contribution in [0.3, 0.4) is 0 Å². The molecule has 1 aliphatic rings. The Labute approximate surface area is 109 Å². The molecule has 0 spiro atoms. The number of hydrogen-bond donors (Lipinski definition) is 2. The number of thioether (sulfide) groups is 1. The maximum atomic E-state index is 12.0. The second kappa shape index (κ2) is 5.06. The Kier molecular flexibility index (Phi) is 3.65. The fourth-order valence-electron chi connectivity index (χ4n) is 2.20. The standard InChI is InChI=1S/C12H15NO4S/c1-18-9-5-4-8(17-9)10(14)13-12(11(15)16)6-2-3-7-12/h4-5H,2-3,6-7H2,1H3,(H,13,14)(H,15,16). The van der Waals surface area contributed by atoms with Gasteiger partial charge in [-0.05, 0) is 31.2 Å². The average Bonchev–Trinajstić information content (AvgIpc) is 2.97. The molecule has 0 saturated heterocycles. The van der Waals surface area contributed by atoms with E-state index < -0.39 is 17.4 Å². The van der Waals surface area contributed by atoms with Crippen LogP contribution in [-0.2, 0) is 4.79 Å². The molecule has 0 bridgehead atoms. The quantitative estimate of drug-likeness (QED) is 0.818. The molecule has 6 heteroatoms. The zero-order valence-electron chi connectivity index (χ0n) is 10.1. The molecule has 98 valence electrons. The average molecular weight is 269 g/mol. The van der Waals surface area contributed by atoms with Gasteiger partial charge in [0.2, 0.25) is 0 Å². The third-order valence-corrected chi connectivity index (χ3v) is 3.85. The molecule has 1 amide bonds. The third kappa shape index (κ3) is 2.38. The summed E-state index contributed by atoms with van der Waals surface area (Å²) in [5.74, 6) is -1.27. The predicted molar refractivity (Wildman–Crippen MR) is 66.8 cm³/mol. The summed E-state index contributed by atoms with van der Waals surface area (Å²) < 4.78 is 5.29. The Balaban J connectivity index is 2.12. The van der Waals surface area contributed by atoms with Crippen LogP contribution in [0.25, 0.3) is 0 Å². The van der Waals surface area contributed by atoms with E-state index in [1.807, 2.05) is 6.26 Å². The minimum Gasteiger partial charge on any atom is -0.480 e. The Morgan fingerprint density at radius 1 is 1.39 bits per heavy atom. The molecule has 0 unspecified atom stereocenters. The van der Waals surface area contributed by atoms with Crippen LogP contribution >= 0.6 is 11.8 Å². The van der Waals surface area contributed by atoms with Crippen molar-refractivity contribution >= 4 is 23.6 Å². The number of carboxylic acid groups (broad SMARTS) is 1. The van der Waals surface area contributed by atoms with Crippen molar-refractivity contribution in [3.63, 3.8) is 0 Å². The van der Waals surface area contributed by atoms with Gasteiger partial charge in [0, 0.05) is 0 Å². The molecular formula is C12H15NO4S. The summed E-state index contributed by atoms with van der Waals surface area (Å²) >= 11 is 1.39. The van der Waals surface area contributed by atoms with Crippen LogP contribution in [0.15, 0.2) is 21.6 Å². The first-order valence-electron chi connectivity index (χ1n) is 5.77. The second-order valence-corrected chi connectivity index (χ2v) is 5.18. The summed E-state index contributed by atoms with van der Waals surface area (Å²) in [6, 6.07) is 3.26. The topological polar surface area (TPSA) is 79.5 Å². The number of carbonyl (C=O) groups is 2. The Morgan fingerprint density at radius 3 is 2.56 bits per heavy atom. The third-order valence-electron chi connectivity index (χ3n) is 3.23. The number of furan rings is 1. The minimum atomic E-state index is -1.12. The van der Waals surface area contributed by atoms with Crippen molar-refractivity contribution < 1.29 is 19.1 Å². The zero-order valence-corrected chi connectivity index (χ0v) is 10.9. The van der Waals surface area contributed by atoms with Crippen LogP contribution in [-0.4, -0.2) is 28.8 Å². The fourth-order valence-corrected chi connectivity index (χ4v) is 2.58. The normalized spacial score (nSPS) is 17.6. The van der Waals surface area contributed by atoms with Crippen LogP contribution in [0.4, 0.5) is 0 Å². The van der Waals surface area contributed by atoms with Crippen LogP contribution in [0.1, 0.15) is 36.2 Å². The van der Waals surface area contributed by atoms with E-state index in [1.165, 1.54) is 11.8 Å². The van der Waals surface area contributed by atoms with E-state index in [1.54, 1.807) is 12.1 Å². The van der Waals surface area contributed by atoms with Gasteiger partial charge in [-0.1, -0.05) is 24.6 Å². The number of amides is 1. The molecule has 1 saturated carbocycles. The summed E-state index contributed by atoms with van der Waals surface area (Å²) in [5, 5.41) is 12.5. The van der Waals surface area contributed by atoms with Crippen molar-refractivity contribution in [3.05, 3.63) is 17.9 Å². The molecule has 0 aromatic carbocycles. The van der Waals surface area contributed by atoms with Gasteiger partial charge in [-0.3, -0.25) is 4.79 Å². The summed E-state index contributed by atoms with van der Waals surface area (Å²) in [5.41, 5.74) is -1.12. The van der Waals surface area contributed by atoms with E-state index >= 15 is 0 Å². The van der Waals surface area contributed by atoms with Crippen molar-refractivity contribution in [2.75, 3.05) is 6.26 Å². The number of aliphatic carboxylic acids is 1. The van der Waals surface area contributed by atoms with Gasteiger partial charge < -0.3 is 14.8 Å². The summed E-state index contributed by atoms with van der Waals surface area (Å²) in [6.45, 7) is 0. The van der Waals surface area contributed by atoms with Crippen molar-refractivity contribution in [2.45, 2.75) is 36.3 Å². The van der Waals surface area contributed by atoms with Gasteiger partial charge in [-0.2, -0.15) is 0 Å². The van der Waals surface area contributed by atoms with Crippen LogP contribution < -0.4 is 5.32 Å². The fraction of sp³-hybridized carbons (Fsp3) is 0.500. The van der Waals surface area contributed by atoms with Gasteiger partial charge in [-0.25, -0.2) is 4.79 Å². The molecule has 18 heavy (non-hydrogen) atoms. The molecule has 1 aliphatic carbocycles. The van der Waals surface area contributed by atoms with Crippen LogP contribution in [0.2, 0.25) is 0 Å². The molecule has 0 radical (unpaired) electrons. The van der Waals surface area contributed by atoms with E-state index in [-0.39, 0.29) is 5.76 Å². The second-order valence-electron chi connectivity index (χ2n) is 4.37. The molecular weight excluding hydrogens is 254 g/mol. The lowest BCUT2D eigenvalue weighted by atomic mass is 9.98. The Morgan fingerprint density at radius 2 is 2.06 bits per heavy atom. The first kappa shape index (κ1) is 13.0. The SMILES string of the molecule is CSc1ccc(C(=O)NC2(C(=O)O)CCCC2)o1. The molecule has 2 rings (SSSR count). The first-order valence-corrected chi connectivity index (χ1v) is 7.00. The van der Waals surface area contributed by atoms with Crippen LogP contribution in [0, 0.1) is 0 Å². The number of rotatable bonds is 4. The molecule has 2 N–H and O–H groups in total. The van der Waals surface area contributed by atoms with Crippen molar-refractivity contribution in [2.24, 2.45) is 0 Å². The largest absolute Gasteiger partial charge is 0.480 e. The number of hydrogen-bond acceptors (Lipinski definition) is 4. The lowest BCUT2D eigenvalue weighted by molar-refractivity contribution is -0.144. The van der Waals surface area contributed by atoms with Crippen molar-refractivity contribution in [1.82, 2.24) is 5.32 Å². The van der Waals surface area contributed by atoms with E-state index in [0.29, 0.717) is 17.9 Å². The lowest BCUT2D eigenvalue weighted by Gasteiger charge is -2.24. The molecule has 1 heterocycles. The minimum absolute atomic E-state index is 0.159. The summed E-state index contributed by atoms with van der Waals surface area (Å²) in [4.78, 5) is 23.3. The molecule has 0 atom stereocenters. The van der Waals surface area contributed by atoms with Crippen molar-refractivity contribution in [3.8, 4) is 0 Å². The highest BCUT2D eigenvalue weighted by molar-refractivity contribution is 7.98. The summed E-state index contributed by atoms with van der Waals surface area (Å²) in [6.07, 6.45) is 4.44. The maximum Gasteiger partial charge on any atom is 0.329 e. The van der Waals surface area contributed by atoms with Gasteiger partial charge in [-0.15, -0.1) is 0 Å². The molecule has 1 fully saturated rings. The Bertz CT molecular complexity index is 462. The number of carboxylic acids is 1. The highest BCUT2D eigenvalue weighted by atomic mass is 32.2. The van der Waals surface area contributed by atoms with E-state index in [2.05, 4.69) is 5.32 Å². The monoisotopic (exact) mass is 269 g/mol. The van der Waals surface area contributed by atoms with E-state index in [0.717, 1.165) is 12.8 Å². The molecule has 5 nitrogen and oxygen atoms in total. The van der Waals surface area contributed by atoms with Gasteiger partial charge in [0.1, 0.15) is 5.54 Å². The molecule has 1 aromatic rings. The highest BCUT2D eigenvalue weighted by Gasteiger charge is 2.43. The van der Waals surface area contributed by atoms with E-state index in [9.17, 15) is 14.7 Å². The lowest BCUT2D eigenvalue weighted by Crippen LogP contribution is -2.52. The van der Waals surface area contributed by atoms with Gasteiger partial charge in [0.15, 0.2) is 10.9 Å². The van der Waals surface area contributed by atoms with Crippen molar-refractivity contribution in [1.29, 1.82) is 0 Å². The molecule has 1 aromatic heterocycles. The van der Waals surface area contributed by atoms with E-state index in [4.69, 9.17) is 4.42 Å². The number of carbonyl (C=O) groups excluding carboxylic acids is 1. The Hall–Kier alpha value is -1.43. The van der Waals surface area contributed by atoms with Gasteiger partial charge in [0.05, 0.1) is 0 Å². The maximum absolute atomic E-state index is 12.0. The zero-order chi connectivity index (χ0) is 13.2. The first-order chi connectivity index (χ1) is 8.57. The predicted octanol–water partition coefficient (Wildman–Crippen LogP) is 2.13.